The van der Waals surface area contributed by atoms with E-state index in [1.807, 2.05) is 0 Å². The van der Waals surface area contributed by atoms with Crippen LogP contribution in [0.2, 0.25) is 25.1 Å². The van der Waals surface area contributed by atoms with Crippen molar-refractivity contribution in [2.45, 2.75) is 0 Å². The third kappa shape index (κ3) is 3.72. The van der Waals surface area contributed by atoms with Gasteiger partial charge in [-0.15, -0.1) is 0 Å². The minimum absolute atomic E-state index is 0. The van der Waals surface area contributed by atoms with Gasteiger partial charge < -0.3 is 14.7 Å². The van der Waals surface area contributed by atoms with Crippen molar-refractivity contribution in [2.24, 2.45) is 0 Å². The molecule has 2 N–H and O–H groups in total. The molecule has 0 aliphatic carbocycles. The molecule has 3 nitrogen and oxygen atoms in total. The molecule has 1 aromatic rings. The molecule has 84 valence electrons. The Labute approximate surface area is 139 Å². The summed E-state index contributed by atoms with van der Waals surface area (Å²) in [5.41, 5.74) is 0. The molecular formula is C6H3BCl5NaO3. The average molecular weight is 334 g/mol. The van der Waals surface area contributed by atoms with E-state index in [0.717, 1.165) is 0 Å². The Morgan fingerprint density at radius 3 is 1.38 bits per heavy atom. The van der Waals surface area contributed by atoms with Crippen LogP contribution in [0.15, 0.2) is 0 Å². The molecule has 0 saturated heterocycles. The molecule has 0 saturated carbocycles. The molecule has 1 rings (SSSR count). The van der Waals surface area contributed by atoms with Crippen molar-refractivity contribution in [1.82, 2.24) is 0 Å². The molecular weight excluding hydrogens is 331 g/mol. The van der Waals surface area contributed by atoms with E-state index < -0.39 is 7.32 Å². The predicted molar refractivity (Wildman–Crippen MR) is 69.5 cm³/mol. The van der Waals surface area contributed by atoms with E-state index in [1.165, 1.54) is 0 Å². The number of hydrogen-bond acceptors (Lipinski definition) is 3. The van der Waals surface area contributed by atoms with Crippen LogP contribution in [-0.4, -0.2) is 46.9 Å². The fourth-order valence-corrected chi connectivity index (χ4v) is 2.00. The second-order valence-electron chi connectivity index (χ2n) is 2.34. The summed E-state index contributed by atoms with van der Waals surface area (Å²) in [5.74, 6) is -0.243. The number of rotatable bonds is 2. The van der Waals surface area contributed by atoms with Gasteiger partial charge in [-0.3, -0.25) is 0 Å². The van der Waals surface area contributed by atoms with Gasteiger partial charge in [0.1, 0.15) is 15.8 Å². The Morgan fingerprint density at radius 1 is 0.750 bits per heavy atom. The molecule has 16 heavy (non-hydrogen) atoms. The molecule has 1 aromatic carbocycles. The van der Waals surface area contributed by atoms with Crippen molar-refractivity contribution in [3.05, 3.63) is 25.1 Å². The zero-order valence-corrected chi connectivity index (χ0v) is 10.5. The third-order valence-corrected chi connectivity index (χ3v) is 3.63. The Balaban J connectivity index is 0.00000225. The Bertz CT molecular complexity index is 373. The first-order valence-electron chi connectivity index (χ1n) is 3.40. The Hall–Kier alpha value is 1.45. The third-order valence-electron chi connectivity index (χ3n) is 1.39. The summed E-state index contributed by atoms with van der Waals surface area (Å²) >= 11 is 28.5. The van der Waals surface area contributed by atoms with Gasteiger partial charge in [0, 0.05) is 0 Å². The van der Waals surface area contributed by atoms with Gasteiger partial charge in [-0.1, -0.05) is 58.0 Å². The quantitative estimate of drug-likeness (QED) is 0.497. The monoisotopic (exact) mass is 332 g/mol. The summed E-state index contributed by atoms with van der Waals surface area (Å²) in [6, 6.07) is 0. The van der Waals surface area contributed by atoms with Crippen LogP contribution >= 0.6 is 58.0 Å². The Morgan fingerprint density at radius 2 is 1.06 bits per heavy atom. The fraction of sp³-hybridized carbons (Fsp3) is 0. The van der Waals surface area contributed by atoms with Crippen LogP contribution in [-0.2, 0) is 0 Å². The number of benzene rings is 1. The van der Waals surface area contributed by atoms with E-state index >= 15 is 0 Å². The zero-order chi connectivity index (χ0) is 11.7. The molecule has 0 amide bonds. The van der Waals surface area contributed by atoms with Crippen LogP contribution < -0.4 is 4.65 Å². The first kappa shape index (κ1) is 17.5. The molecule has 0 bridgehead atoms. The minimum atomic E-state index is -2.09. The first-order valence-corrected chi connectivity index (χ1v) is 5.29. The second kappa shape index (κ2) is 7.14. The molecule has 0 heterocycles. The summed E-state index contributed by atoms with van der Waals surface area (Å²) in [5, 5.41) is 16.7. The van der Waals surface area contributed by atoms with E-state index in [9.17, 15) is 0 Å². The fourth-order valence-electron chi connectivity index (χ4n) is 0.794. The van der Waals surface area contributed by atoms with Crippen LogP contribution in [0, 0.1) is 0 Å². The van der Waals surface area contributed by atoms with Crippen molar-refractivity contribution in [3.8, 4) is 5.75 Å². The zero-order valence-electron chi connectivity index (χ0n) is 6.77. The van der Waals surface area contributed by atoms with Gasteiger partial charge in [-0.05, 0) is 0 Å². The summed E-state index contributed by atoms with van der Waals surface area (Å²) < 4.78 is 4.51. The summed E-state index contributed by atoms with van der Waals surface area (Å²) in [4.78, 5) is 0. The van der Waals surface area contributed by atoms with E-state index in [-0.39, 0.29) is 60.4 Å². The van der Waals surface area contributed by atoms with Crippen LogP contribution in [0.25, 0.3) is 0 Å². The predicted octanol–water partition coefficient (Wildman–Crippen LogP) is 2.65. The van der Waals surface area contributed by atoms with E-state index in [0.29, 0.717) is 0 Å². The van der Waals surface area contributed by atoms with Gasteiger partial charge in [0.05, 0.1) is 15.1 Å². The standard InChI is InChI=1S/C6H2BCl5O3.Na.H/c8-1-2(9)4(11)6(15-7(13)14)5(12)3(1)10;;/h13-14H;;. The van der Waals surface area contributed by atoms with Gasteiger partial charge in [0.25, 0.3) is 0 Å². The average Bonchev–Trinajstić information content (AvgIpc) is 2.18. The molecule has 0 aromatic heterocycles. The number of halogens is 5. The van der Waals surface area contributed by atoms with Crippen LogP contribution in [0.1, 0.15) is 0 Å². The van der Waals surface area contributed by atoms with E-state index in [2.05, 4.69) is 4.65 Å². The summed E-state index contributed by atoms with van der Waals surface area (Å²) in [7, 11) is -2.09. The Kier molecular flexibility index (Phi) is 7.79. The first-order chi connectivity index (χ1) is 6.86. The van der Waals surface area contributed by atoms with Crippen molar-refractivity contribution >= 4 is 94.9 Å². The van der Waals surface area contributed by atoms with E-state index in [4.69, 9.17) is 68.1 Å². The van der Waals surface area contributed by atoms with Crippen LogP contribution in [0.3, 0.4) is 0 Å². The topological polar surface area (TPSA) is 49.7 Å². The van der Waals surface area contributed by atoms with Gasteiger partial charge in [0.15, 0.2) is 0 Å². The van der Waals surface area contributed by atoms with Crippen molar-refractivity contribution in [3.63, 3.8) is 0 Å². The molecule has 0 fully saturated rings. The van der Waals surface area contributed by atoms with Gasteiger partial charge in [-0.25, -0.2) is 0 Å². The number of hydrogen-bond donors (Lipinski definition) is 2. The molecule has 0 unspecified atom stereocenters. The molecule has 0 spiro atoms. The second-order valence-corrected chi connectivity index (χ2v) is 4.23. The van der Waals surface area contributed by atoms with Crippen molar-refractivity contribution in [1.29, 1.82) is 0 Å². The summed E-state index contributed by atoms with van der Waals surface area (Å²) in [6.45, 7) is 0. The van der Waals surface area contributed by atoms with Gasteiger partial charge in [-0.2, -0.15) is 0 Å². The molecule has 0 aliphatic rings. The molecule has 10 heteroatoms. The van der Waals surface area contributed by atoms with Crippen LogP contribution in [0.4, 0.5) is 0 Å². The molecule has 0 atom stereocenters. The van der Waals surface area contributed by atoms with Crippen LogP contribution in [0.5, 0.6) is 5.75 Å². The maximum absolute atomic E-state index is 8.60. The summed E-state index contributed by atoms with van der Waals surface area (Å²) in [6.07, 6.45) is 0. The van der Waals surface area contributed by atoms with Crippen molar-refractivity contribution < 1.29 is 14.7 Å². The molecule has 0 radical (unpaired) electrons. The molecule has 0 aliphatic heterocycles. The van der Waals surface area contributed by atoms with Gasteiger partial charge >= 0.3 is 36.9 Å². The van der Waals surface area contributed by atoms with E-state index in [1.54, 1.807) is 0 Å². The normalized spacial score (nSPS) is 9.69. The SMILES string of the molecule is OB(O)Oc1c(Cl)c(Cl)c(Cl)c(Cl)c1Cl.[NaH]. The maximum atomic E-state index is 8.60. The van der Waals surface area contributed by atoms with Gasteiger partial charge in [0.2, 0.25) is 0 Å². The van der Waals surface area contributed by atoms with Crippen molar-refractivity contribution in [2.75, 3.05) is 0 Å².